The van der Waals surface area contributed by atoms with E-state index in [1.54, 1.807) is 48.0 Å². The first-order chi connectivity index (χ1) is 15.8. The number of aliphatic hydroxyl groups is 1. The van der Waals surface area contributed by atoms with Crippen molar-refractivity contribution >= 4 is 23.2 Å². The molecule has 2 aliphatic rings. The number of nitriles is 1. The van der Waals surface area contributed by atoms with Crippen LogP contribution in [0.1, 0.15) is 24.2 Å². The molecule has 0 amide bonds. The average molecular weight is 450 g/mol. The third kappa shape index (κ3) is 4.28. The first kappa shape index (κ1) is 22.4. The lowest BCUT2D eigenvalue weighted by atomic mass is 9.76. The van der Waals surface area contributed by atoms with Crippen LogP contribution in [0.4, 0.5) is 10.2 Å². The lowest BCUT2D eigenvalue weighted by molar-refractivity contribution is -0.146. The van der Waals surface area contributed by atoms with Crippen LogP contribution in [0.3, 0.4) is 0 Å². The SMILES string of the molecule is C=C(NCc1ccc(F)c(CNC2C(=O)C(O)C2C)c1)C1=N[C@@H](C(=O)C#N)n2cccc2N1. The standard InChI is InChI=1S/C23H23FN6O3/c1-12-19(21(33)20(12)32)27-11-15-8-14(5-6-16(15)24)10-26-13(2)22-28-18-4-3-7-30(18)23(29-22)17(31)9-25/h3-8,12,19-20,23,26-27,32H,2,10-11H2,1H3,(H,28,29)/t12?,19?,20?,23-/m1/s1. The van der Waals surface area contributed by atoms with Gasteiger partial charge >= 0.3 is 0 Å². The van der Waals surface area contributed by atoms with Gasteiger partial charge in [-0.2, -0.15) is 5.26 Å². The maximum absolute atomic E-state index is 14.3. The summed E-state index contributed by atoms with van der Waals surface area (Å²) in [4.78, 5) is 28.0. The molecule has 0 saturated heterocycles. The normalized spacial score (nSPS) is 23.5. The van der Waals surface area contributed by atoms with Crippen molar-refractivity contribution in [1.29, 1.82) is 5.26 Å². The van der Waals surface area contributed by atoms with Crippen molar-refractivity contribution in [2.24, 2.45) is 10.9 Å². The molecule has 4 atom stereocenters. The number of ketones is 2. The summed E-state index contributed by atoms with van der Waals surface area (Å²) in [6.45, 7) is 6.18. The highest BCUT2D eigenvalue weighted by molar-refractivity contribution is 6.10. The van der Waals surface area contributed by atoms with Crippen molar-refractivity contribution in [2.45, 2.75) is 38.3 Å². The van der Waals surface area contributed by atoms with Crippen molar-refractivity contribution in [2.75, 3.05) is 5.32 Å². The zero-order chi connectivity index (χ0) is 23.7. The third-order valence-electron chi connectivity index (χ3n) is 5.92. The number of amidine groups is 1. The van der Waals surface area contributed by atoms with Crippen LogP contribution in [0.2, 0.25) is 0 Å². The summed E-state index contributed by atoms with van der Waals surface area (Å²) < 4.78 is 15.8. The van der Waals surface area contributed by atoms with Crippen LogP contribution < -0.4 is 16.0 Å². The number of hydrogen-bond acceptors (Lipinski definition) is 8. The minimum Gasteiger partial charge on any atom is -0.385 e. The van der Waals surface area contributed by atoms with E-state index in [1.807, 2.05) is 0 Å². The van der Waals surface area contributed by atoms with E-state index in [0.717, 1.165) is 5.56 Å². The molecule has 0 radical (unpaired) electrons. The third-order valence-corrected chi connectivity index (χ3v) is 5.92. The summed E-state index contributed by atoms with van der Waals surface area (Å²) >= 11 is 0. The highest BCUT2D eigenvalue weighted by Gasteiger charge is 2.45. The fourth-order valence-corrected chi connectivity index (χ4v) is 3.89. The lowest BCUT2D eigenvalue weighted by Gasteiger charge is -2.38. The number of halogens is 1. The Kier molecular flexibility index (Phi) is 6.09. The molecule has 9 nitrogen and oxygen atoms in total. The number of benzene rings is 1. The average Bonchev–Trinajstić information content (AvgIpc) is 3.31. The molecule has 4 rings (SSSR count). The second kappa shape index (κ2) is 8.97. The minimum absolute atomic E-state index is 0.150. The molecule has 0 bridgehead atoms. The zero-order valence-electron chi connectivity index (χ0n) is 17.9. The predicted molar refractivity (Wildman–Crippen MR) is 118 cm³/mol. The molecule has 1 fully saturated rings. The Hall–Kier alpha value is -3.81. The van der Waals surface area contributed by atoms with Crippen LogP contribution >= 0.6 is 0 Å². The molecule has 1 saturated carbocycles. The van der Waals surface area contributed by atoms with Crippen molar-refractivity contribution in [3.05, 3.63) is 65.7 Å². The summed E-state index contributed by atoms with van der Waals surface area (Å²) in [6.07, 6.45) is -0.296. The van der Waals surface area contributed by atoms with E-state index in [2.05, 4.69) is 27.5 Å². The monoisotopic (exact) mass is 450 g/mol. The van der Waals surface area contributed by atoms with Crippen LogP contribution in [0.15, 0.2) is 53.8 Å². The first-order valence-electron chi connectivity index (χ1n) is 10.4. The maximum Gasteiger partial charge on any atom is 0.276 e. The van der Waals surface area contributed by atoms with Crippen molar-refractivity contribution in [1.82, 2.24) is 15.2 Å². The summed E-state index contributed by atoms with van der Waals surface area (Å²) in [5, 5.41) is 27.7. The molecule has 3 unspecified atom stereocenters. The number of Topliss-reactive ketones (excluding diaryl/α,β-unsaturated/α-hetero) is 2. The molecule has 33 heavy (non-hydrogen) atoms. The van der Waals surface area contributed by atoms with Crippen LogP contribution in [-0.4, -0.2) is 39.2 Å². The first-order valence-corrected chi connectivity index (χ1v) is 10.4. The molecule has 1 aliphatic heterocycles. The molecule has 0 spiro atoms. The van der Waals surface area contributed by atoms with Crippen molar-refractivity contribution in [3.63, 3.8) is 0 Å². The van der Waals surface area contributed by atoms with Crippen molar-refractivity contribution < 1.29 is 19.1 Å². The van der Waals surface area contributed by atoms with E-state index in [9.17, 15) is 19.1 Å². The fourth-order valence-electron chi connectivity index (χ4n) is 3.89. The second-order valence-electron chi connectivity index (χ2n) is 8.08. The predicted octanol–water partition coefficient (Wildman–Crippen LogP) is 1.38. The van der Waals surface area contributed by atoms with E-state index in [1.165, 1.54) is 6.07 Å². The van der Waals surface area contributed by atoms with Gasteiger partial charge in [0.15, 0.2) is 11.6 Å². The van der Waals surface area contributed by atoms with Gasteiger partial charge in [0.1, 0.15) is 23.8 Å². The number of carbonyl (C=O) groups is 2. The van der Waals surface area contributed by atoms with Crippen molar-refractivity contribution in [3.8, 4) is 6.07 Å². The number of aromatic nitrogens is 1. The summed E-state index contributed by atoms with van der Waals surface area (Å²) in [5.41, 5.74) is 1.57. The Morgan fingerprint density at radius 2 is 2.18 bits per heavy atom. The summed E-state index contributed by atoms with van der Waals surface area (Å²) in [6, 6.07) is 9.27. The Morgan fingerprint density at radius 3 is 2.91 bits per heavy atom. The number of aliphatic imine (C=N–C) groups is 1. The fraction of sp³-hybridized carbons (Fsp3) is 0.304. The van der Waals surface area contributed by atoms with Gasteiger partial charge in [0.25, 0.3) is 5.78 Å². The highest BCUT2D eigenvalue weighted by atomic mass is 19.1. The number of fused-ring (bicyclic) bond motifs is 1. The summed E-state index contributed by atoms with van der Waals surface area (Å²) in [7, 11) is 0. The molecule has 2 heterocycles. The molecule has 1 aromatic heterocycles. The van der Waals surface area contributed by atoms with Gasteiger partial charge < -0.3 is 25.6 Å². The molecular weight excluding hydrogens is 427 g/mol. The molecule has 4 N–H and O–H groups in total. The second-order valence-corrected chi connectivity index (χ2v) is 8.08. The number of aliphatic hydroxyl groups excluding tert-OH is 1. The van der Waals surface area contributed by atoms with E-state index < -0.39 is 29.9 Å². The number of carbonyl (C=O) groups excluding carboxylic acids is 2. The number of rotatable bonds is 8. The van der Waals surface area contributed by atoms with E-state index in [0.29, 0.717) is 29.5 Å². The summed E-state index contributed by atoms with van der Waals surface area (Å²) in [5.74, 6) is -0.650. The van der Waals surface area contributed by atoms with Gasteiger partial charge in [-0.25, -0.2) is 9.38 Å². The molecular formula is C23H23FN6O3. The van der Waals surface area contributed by atoms with Crippen LogP contribution in [0, 0.1) is 23.1 Å². The number of nitrogens with zero attached hydrogens (tertiary/aromatic N) is 3. The Morgan fingerprint density at radius 1 is 1.39 bits per heavy atom. The van der Waals surface area contributed by atoms with Gasteiger partial charge in [0, 0.05) is 30.8 Å². The van der Waals surface area contributed by atoms with Gasteiger partial charge in [-0.3, -0.25) is 9.59 Å². The molecule has 10 heteroatoms. The number of anilines is 1. The van der Waals surface area contributed by atoms with Crippen LogP contribution in [0.25, 0.3) is 0 Å². The maximum atomic E-state index is 14.3. The number of nitrogens with one attached hydrogen (secondary N) is 3. The van der Waals surface area contributed by atoms with Gasteiger partial charge in [-0.15, -0.1) is 0 Å². The molecule has 1 aliphatic carbocycles. The van der Waals surface area contributed by atoms with Gasteiger partial charge in [-0.1, -0.05) is 19.6 Å². The smallest absolute Gasteiger partial charge is 0.276 e. The Balaban J connectivity index is 1.40. The van der Waals surface area contributed by atoms with E-state index in [4.69, 9.17) is 5.26 Å². The molecule has 1 aromatic carbocycles. The Labute approximate surface area is 189 Å². The molecule has 170 valence electrons. The van der Waals surface area contributed by atoms with E-state index in [-0.39, 0.29) is 18.2 Å². The molecule has 2 aromatic rings. The van der Waals surface area contributed by atoms with Crippen LogP contribution in [0.5, 0.6) is 0 Å². The van der Waals surface area contributed by atoms with Gasteiger partial charge in [0.05, 0.1) is 11.7 Å². The quantitative estimate of drug-likeness (QED) is 0.447. The van der Waals surface area contributed by atoms with Gasteiger partial charge in [-0.05, 0) is 29.8 Å². The van der Waals surface area contributed by atoms with Gasteiger partial charge in [0.2, 0.25) is 6.17 Å². The van der Waals surface area contributed by atoms with E-state index >= 15 is 0 Å². The lowest BCUT2D eigenvalue weighted by Crippen LogP contribution is -2.61. The minimum atomic E-state index is -0.992. The zero-order valence-corrected chi connectivity index (χ0v) is 17.9. The largest absolute Gasteiger partial charge is 0.385 e. The highest BCUT2D eigenvalue weighted by Crippen LogP contribution is 2.25. The number of hydrogen-bond donors (Lipinski definition) is 4. The van der Waals surface area contributed by atoms with Crippen LogP contribution in [-0.2, 0) is 22.7 Å². The topological polar surface area (TPSA) is 132 Å². The Bertz CT molecular complexity index is 1200.